The van der Waals surface area contributed by atoms with E-state index in [0.29, 0.717) is 39.9 Å². The predicted octanol–water partition coefficient (Wildman–Crippen LogP) is 3.66. The summed E-state index contributed by atoms with van der Waals surface area (Å²) in [4.78, 5) is 26.1. The molecule has 0 spiro atoms. The first-order valence-electron chi connectivity index (χ1n) is 10.2. The van der Waals surface area contributed by atoms with Gasteiger partial charge in [-0.05, 0) is 42.0 Å². The summed E-state index contributed by atoms with van der Waals surface area (Å²) >= 11 is 0. The molecule has 9 heteroatoms. The van der Waals surface area contributed by atoms with Crippen LogP contribution in [0.15, 0.2) is 60.7 Å². The third-order valence-corrected chi connectivity index (χ3v) is 5.42. The van der Waals surface area contributed by atoms with Crippen molar-refractivity contribution in [3.63, 3.8) is 0 Å². The van der Waals surface area contributed by atoms with Gasteiger partial charge in [-0.15, -0.1) is 0 Å². The number of methoxy groups -OCH3 is 1. The third kappa shape index (κ3) is 3.73. The Hall–Kier alpha value is -4.40. The number of carboxylic acid groups (broad SMARTS) is 1. The second-order valence-corrected chi connectivity index (χ2v) is 7.40. The maximum Gasteiger partial charge on any atom is 0.341 e. The molecule has 0 fully saturated rings. The minimum absolute atomic E-state index is 0.131. The molecule has 0 saturated carbocycles. The molecule has 2 heterocycles. The van der Waals surface area contributed by atoms with Crippen molar-refractivity contribution in [2.45, 2.75) is 6.17 Å². The second kappa shape index (κ2) is 8.27. The maximum atomic E-state index is 13.6. The summed E-state index contributed by atoms with van der Waals surface area (Å²) in [5.41, 5.74) is 2.59. The summed E-state index contributed by atoms with van der Waals surface area (Å²) in [5.74, 6) is 0.556. The van der Waals surface area contributed by atoms with E-state index in [9.17, 15) is 9.59 Å². The number of carbonyl (C=O) groups is 2. The number of fused-ring (bicyclic) bond motifs is 2. The van der Waals surface area contributed by atoms with Crippen molar-refractivity contribution >= 4 is 23.3 Å². The summed E-state index contributed by atoms with van der Waals surface area (Å²) in [5, 5.41) is 12.3. The first-order chi connectivity index (χ1) is 16.0. The lowest BCUT2D eigenvalue weighted by Crippen LogP contribution is -2.43. The number of para-hydroxylation sites is 1. The number of rotatable bonds is 6. The molecular weight excluding hydrogens is 428 g/mol. The quantitative estimate of drug-likeness (QED) is 0.589. The van der Waals surface area contributed by atoms with Crippen LogP contribution in [0, 0.1) is 0 Å². The third-order valence-electron chi connectivity index (χ3n) is 5.42. The number of nitrogens with one attached hydrogen (secondary N) is 1. The molecule has 1 unspecified atom stereocenters. The molecule has 0 aliphatic carbocycles. The number of benzene rings is 3. The predicted molar refractivity (Wildman–Crippen MR) is 118 cm³/mol. The number of carbonyl (C=O) groups excluding carboxylic acids is 1. The van der Waals surface area contributed by atoms with Gasteiger partial charge in [-0.2, -0.15) is 0 Å². The highest BCUT2D eigenvalue weighted by Crippen LogP contribution is 2.42. The van der Waals surface area contributed by atoms with E-state index in [4.69, 9.17) is 24.1 Å². The Labute approximate surface area is 189 Å². The lowest BCUT2D eigenvalue weighted by atomic mass is 10.0. The smallest absolute Gasteiger partial charge is 0.341 e. The van der Waals surface area contributed by atoms with Gasteiger partial charge < -0.3 is 29.4 Å². The molecule has 1 atom stereocenters. The van der Waals surface area contributed by atoms with Crippen molar-refractivity contribution in [3.8, 4) is 23.0 Å². The molecule has 3 aromatic rings. The fourth-order valence-corrected chi connectivity index (χ4v) is 3.90. The monoisotopic (exact) mass is 448 g/mol. The van der Waals surface area contributed by atoms with Gasteiger partial charge in [0.15, 0.2) is 29.6 Å². The normalized spacial score (nSPS) is 16.1. The standard InChI is InChI=1S/C24H20N2O7/c1-30-20-10-14(6-8-18(20)31-12-22(27)28)23-25-17-5-3-2-4-16(17)24(29)26(23)15-7-9-19-21(11-15)33-13-32-19/h2-11,23,25H,12-13H2,1H3,(H,27,28). The molecule has 0 saturated heterocycles. The van der Waals surface area contributed by atoms with Crippen LogP contribution < -0.4 is 29.2 Å². The highest BCUT2D eigenvalue weighted by molar-refractivity contribution is 6.12. The zero-order valence-corrected chi connectivity index (χ0v) is 17.6. The molecule has 0 bridgehead atoms. The van der Waals surface area contributed by atoms with Crippen molar-refractivity contribution in [2.75, 3.05) is 30.7 Å². The van der Waals surface area contributed by atoms with E-state index in [2.05, 4.69) is 5.32 Å². The van der Waals surface area contributed by atoms with E-state index >= 15 is 0 Å². The van der Waals surface area contributed by atoms with Gasteiger partial charge in [0.05, 0.1) is 18.4 Å². The number of amides is 1. The van der Waals surface area contributed by atoms with Crippen LogP contribution in [-0.4, -0.2) is 37.5 Å². The molecular formula is C24H20N2O7. The largest absolute Gasteiger partial charge is 0.493 e. The second-order valence-electron chi connectivity index (χ2n) is 7.40. The minimum Gasteiger partial charge on any atom is -0.493 e. The molecule has 2 N–H and O–H groups in total. The average molecular weight is 448 g/mol. The van der Waals surface area contributed by atoms with Gasteiger partial charge in [0.25, 0.3) is 5.91 Å². The molecule has 5 rings (SSSR count). The van der Waals surface area contributed by atoms with Crippen LogP contribution in [0.4, 0.5) is 11.4 Å². The maximum absolute atomic E-state index is 13.6. The molecule has 9 nitrogen and oxygen atoms in total. The summed E-state index contributed by atoms with van der Waals surface area (Å²) in [6.07, 6.45) is -0.574. The van der Waals surface area contributed by atoms with Crippen LogP contribution in [0.25, 0.3) is 0 Å². The van der Waals surface area contributed by atoms with Gasteiger partial charge in [-0.1, -0.05) is 18.2 Å². The molecule has 33 heavy (non-hydrogen) atoms. The van der Waals surface area contributed by atoms with Crippen molar-refractivity contribution in [2.24, 2.45) is 0 Å². The van der Waals surface area contributed by atoms with Gasteiger partial charge >= 0.3 is 5.97 Å². The SMILES string of the molecule is COc1cc(C2Nc3ccccc3C(=O)N2c2ccc3c(c2)OCO3)ccc1OCC(=O)O. The minimum atomic E-state index is -1.09. The van der Waals surface area contributed by atoms with E-state index in [0.717, 1.165) is 5.56 Å². The zero-order chi connectivity index (χ0) is 22.9. The number of nitrogens with zero attached hydrogens (tertiary/aromatic N) is 1. The van der Waals surface area contributed by atoms with E-state index in [1.807, 2.05) is 18.2 Å². The number of hydrogen-bond donors (Lipinski definition) is 2. The van der Waals surface area contributed by atoms with Crippen molar-refractivity contribution in [3.05, 3.63) is 71.8 Å². The molecule has 3 aromatic carbocycles. The molecule has 1 amide bonds. The van der Waals surface area contributed by atoms with Gasteiger partial charge in [0.1, 0.15) is 6.17 Å². The van der Waals surface area contributed by atoms with Crippen LogP contribution in [0.5, 0.6) is 23.0 Å². The molecule has 2 aliphatic rings. The highest BCUT2D eigenvalue weighted by Gasteiger charge is 2.35. The van der Waals surface area contributed by atoms with E-state index < -0.39 is 18.7 Å². The van der Waals surface area contributed by atoms with Gasteiger partial charge in [0.2, 0.25) is 6.79 Å². The Balaban J connectivity index is 1.58. The van der Waals surface area contributed by atoms with Crippen LogP contribution in [0.2, 0.25) is 0 Å². The van der Waals surface area contributed by atoms with Crippen molar-refractivity contribution < 1.29 is 33.6 Å². The number of hydrogen-bond acceptors (Lipinski definition) is 7. The summed E-state index contributed by atoms with van der Waals surface area (Å²) in [7, 11) is 1.47. The zero-order valence-electron chi connectivity index (χ0n) is 17.6. The van der Waals surface area contributed by atoms with Crippen LogP contribution in [-0.2, 0) is 4.79 Å². The molecule has 0 aromatic heterocycles. The van der Waals surface area contributed by atoms with Crippen molar-refractivity contribution in [1.82, 2.24) is 0 Å². The average Bonchev–Trinajstić information content (AvgIpc) is 3.30. The lowest BCUT2D eigenvalue weighted by molar-refractivity contribution is -0.139. The Morgan fingerprint density at radius 1 is 1.09 bits per heavy atom. The fraction of sp³-hybridized carbons (Fsp3) is 0.167. The van der Waals surface area contributed by atoms with E-state index in [1.54, 1.807) is 47.4 Å². The number of anilines is 2. The van der Waals surface area contributed by atoms with Crippen LogP contribution in [0.3, 0.4) is 0 Å². The number of ether oxygens (including phenoxy) is 4. The first kappa shape index (κ1) is 20.5. The molecule has 0 radical (unpaired) electrons. The van der Waals surface area contributed by atoms with Gasteiger partial charge in [-0.25, -0.2) is 4.79 Å². The summed E-state index contributed by atoms with van der Waals surface area (Å²) in [6, 6.07) is 17.7. The topological polar surface area (TPSA) is 107 Å². The van der Waals surface area contributed by atoms with E-state index in [1.165, 1.54) is 7.11 Å². The first-order valence-corrected chi connectivity index (χ1v) is 10.2. The Kier molecular flexibility index (Phi) is 5.14. The molecule has 2 aliphatic heterocycles. The van der Waals surface area contributed by atoms with Crippen LogP contribution in [0.1, 0.15) is 22.1 Å². The molecule has 168 valence electrons. The number of aliphatic carboxylic acids is 1. The van der Waals surface area contributed by atoms with Crippen LogP contribution >= 0.6 is 0 Å². The number of carboxylic acids is 1. The highest BCUT2D eigenvalue weighted by atomic mass is 16.7. The van der Waals surface area contributed by atoms with Crippen molar-refractivity contribution in [1.29, 1.82) is 0 Å². The van der Waals surface area contributed by atoms with E-state index in [-0.39, 0.29) is 12.7 Å². The van der Waals surface area contributed by atoms with Gasteiger partial charge in [0, 0.05) is 11.8 Å². The summed E-state index contributed by atoms with van der Waals surface area (Å²) in [6.45, 7) is -0.362. The van der Waals surface area contributed by atoms with Gasteiger partial charge in [-0.3, -0.25) is 9.69 Å². The Bertz CT molecular complexity index is 1240. The Morgan fingerprint density at radius 3 is 2.73 bits per heavy atom. The Morgan fingerprint density at radius 2 is 1.91 bits per heavy atom. The fourth-order valence-electron chi connectivity index (χ4n) is 3.90. The summed E-state index contributed by atoms with van der Waals surface area (Å²) < 4.78 is 21.7. The lowest BCUT2D eigenvalue weighted by Gasteiger charge is -2.38.